The van der Waals surface area contributed by atoms with Gasteiger partial charge in [0.1, 0.15) is 0 Å². The topological polar surface area (TPSA) is 0 Å². The molecular weight excluding hydrogens is 203 g/mol. The van der Waals surface area contributed by atoms with E-state index < -0.39 is 0 Å². The van der Waals surface area contributed by atoms with Gasteiger partial charge in [0.25, 0.3) is 0 Å². The van der Waals surface area contributed by atoms with Crippen LogP contribution in [0.25, 0.3) is 0 Å². The second kappa shape index (κ2) is 3.13. The molecule has 0 aliphatic heterocycles. The van der Waals surface area contributed by atoms with Gasteiger partial charge in [-0.05, 0) is 0 Å². The summed E-state index contributed by atoms with van der Waals surface area (Å²) >= 11 is 1.08. The van der Waals surface area contributed by atoms with Gasteiger partial charge in [0.15, 0.2) is 0 Å². The normalized spacial score (nSPS) is 9.12. The maximum absolute atomic E-state index is 2.18. The summed E-state index contributed by atoms with van der Waals surface area (Å²) in [6.07, 6.45) is 0. The summed E-state index contributed by atoms with van der Waals surface area (Å²) in [6.45, 7) is 0. The van der Waals surface area contributed by atoms with Crippen molar-refractivity contribution >= 4 is 22.5 Å². The van der Waals surface area contributed by atoms with Gasteiger partial charge in [0, 0.05) is 0 Å². The van der Waals surface area contributed by atoms with E-state index in [1.54, 1.807) is 0 Å². The van der Waals surface area contributed by atoms with Gasteiger partial charge in [-0.15, -0.1) is 0 Å². The molecule has 0 aromatic heterocycles. The standard InChI is InChI=1S/C7H7.Sn.2H/c1-7-5-3-2-4-6-7;;;/h2-6H,1H2;;;. The van der Waals surface area contributed by atoms with E-state index >= 15 is 0 Å². The predicted octanol–water partition coefficient (Wildman–Crippen LogP) is 0.820. The Kier molecular flexibility index (Phi) is 2.40. The zero-order chi connectivity index (χ0) is 5.82. The number of hydrogen-bond donors (Lipinski definition) is 0. The molecule has 0 saturated carbocycles. The van der Waals surface area contributed by atoms with Crippen LogP contribution in [0.1, 0.15) is 5.56 Å². The molecule has 0 amide bonds. The van der Waals surface area contributed by atoms with Crippen LogP contribution in [0.3, 0.4) is 0 Å². The molecule has 0 nitrogen and oxygen atoms in total. The third kappa shape index (κ3) is 1.51. The first-order valence-corrected chi connectivity index (χ1v) is 5.62. The molecule has 1 rings (SSSR count). The zero-order valence-electron chi connectivity index (χ0n) is 4.80. The fraction of sp³-hybridized carbons (Fsp3) is 0.143. The minimum absolute atomic E-state index is 1.08. The van der Waals surface area contributed by atoms with Gasteiger partial charge in [-0.3, -0.25) is 0 Å². The molecule has 0 fully saturated rings. The van der Waals surface area contributed by atoms with Crippen LogP contribution in [0.2, 0.25) is 0 Å². The molecule has 0 N–H and O–H groups in total. The van der Waals surface area contributed by atoms with Crippen LogP contribution in [0.15, 0.2) is 30.3 Å². The van der Waals surface area contributed by atoms with Crippen LogP contribution in [0.5, 0.6) is 0 Å². The summed E-state index contributed by atoms with van der Waals surface area (Å²) in [6, 6.07) is 10.6. The summed E-state index contributed by atoms with van der Waals surface area (Å²) in [5, 5.41) is 0. The van der Waals surface area contributed by atoms with Gasteiger partial charge < -0.3 is 0 Å². The van der Waals surface area contributed by atoms with Gasteiger partial charge in [-0.25, -0.2) is 0 Å². The maximum atomic E-state index is 2.18. The Bertz CT molecular complexity index is 146. The van der Waals surface area contributed by atoms with Gasteiger partial charge in [-0.1, -0.05) is 0 Å². The number of hydrogen-bond acceptors (Lipinski definition) is 0. The molecule has 0 atom stereocenters. The van der Waals surface area contributed by atoms with Crippen LogP contribution >= 0.6 is 0 Å². The van der Waals surface area contributed by atoms with Crippen LogP contribution in [-0.4, -0.2) is 22.5 Å². The molecule has 0 spiro atoms. The molecule has 0 heterocycles. The van der Waals surface area contributed by atoms with Crippen molar-refractivity contribution in [2.45, 2.75) is 4.44 Å². The molecule has 1 heteroatoms. The summed E-state index contributed by atoms with van der Waals surface area (Å²) in [5.41, 5.74) is 1.49. The van der Waals surface area contributed by atoms with E-state index in [1.165, 1.54) is 10.0 Å². The van der Waals surface area contributed by atoms with E-state index in [1.807, 2.05) is 0 Å². The van der Waals surface area contributed by atoms with Crippen LogP contribution in [0, 0.1) is 0 Å². The molecule has 41 valence electrons. The molecule has 0 aliphatic rings. The number of rotatable bonds is 1. The monoisotopic (exact) mass is 213 g/mol. The van der Waals surface area contributed by atoms with E-state index in [4.69, 9.17) is 0 Å². The first-order chi connectivity index (χ1) is 3.93. The average molecular weight is 212 g/mol. The van der Waals surface area contributed by atoms with Crippen molar-refractivity contribution in [3.8, 4) is 0 Å². The predicted molar refractivity (Wildman–Crippen MR) is 38.7 cm³/mol. The summed E-state index contributed by atoms with van der Waals surface area (Å²) in [4.78, 5) is 0. The van der Waals surface area contributed by atoms with E-state index in [2.05, 4.69) is 30.3 Å². The Hall–Kier alpha value is 0.0187. The van der Waals surface area contributed by atoms with Gasteiger partial charge in [0.05, 0.1) is 0 Å². The molecule has 1 aromatic rings. The Balaban J connectivity index is 2.83. The second-order valence-corrected chi connectivity index (χ2v) is 3.16. The van der Waals surface area contributed by atoms with Crippen LogP contribution in [0.4, 0.5) is 0 Å². The van der Waals surface area contributed by atoms with Gasteiger partial charge in [-0.2, -0.15) is 0 Å². The van der Waals surface area contributed by atoms with Gasteiger partial charge in [0.2, 0.25) is 0 Å². The Morgan fingerprint density at radius 3 is 2.12 bits per heavy atom. The molecule has 0 aliphatic carbocycles. The summed E-state index contributed by atoms with van der Waals surface area (Å²) < 4.78 is 1.31. The van der Waals surface area contributed by atoms with Crippen molar-refractivity contribution in [2.75, 3.05) is 0 Å². The van der Waals surface area contributed by atoms with E-state index in [-0.39, 0.29) is 0 Å². The molecule has 1 aromatic carbocycles. The zero-order valence-corrected chi connectivity index (χ0v) is 8.84. The Labute approximate surface area is 63.0 Å². The Morgan fingerprint density at radius 2 is 1.75 bits per heavy atom. The molecule has 0 saturated heterocycles. The third-order valence-electron chi connectivity index (χ3n) is 1.13. The molecule has 8 heavy (non-hydrogen) atoms. The number of benzene rings is 1. The summed E-state index contributed by atoms with van der Waals surface area (Å²) in [5.74, 6) is 0. The molecule has 0 unspecified atom stereocenters. The first-order valence-electron chi connectivity index (χ1n) is 2.76. The fourth-order valence-corrected chi connectivity index (χ4v) is 1.60. The van der Waals surface area contributed by atoms with Crippen LogP contribution < -0.4 is 0 Å². The van der Waals surface area contributed by atoms with E-state index in [0.29, 0.717) is 0 Å². The van der Waals surface area contributed by atoms with Crippen molar-refractivity contribution in [1.82, 2.24) is 0 Å². The minimum atomic E-state index is 1.08. The van der Waals surface area contributed by atoms with Crippen LogP contribution in [-0.2, 0) is 4.44 Å². The van der Waals surface area contributed by atoms with Crippen molar-refractivity contribution in [3.05, 3.63) is 35.9 Å². The third-order valence-corrected chi connectivity index (χ3v) is 2.78. The SMILES string of the molecule is [SnH2][CH2]c1ccccc1. The molecule has 1 radical (unpaired) electrons. The van der Waals surface area contributed by atoms with Crippen molar-refractivity contribution in [1.29, 1.82) is 0 Å². The van der Waals surface area contributed by atoms with Crippen molar-refractivity contribution in [2.24, 2.45) is 0 Å². The summed E-state index contributed by atoms with van der Waals surface area (Å²) in [7, 11) is 0. The van der Waals surface area contributed by atoms with Gasteiger partial charge >= 0.3 is 62.9 Å². The van der Waals surface area contributed by atoms with Crippen molar-refractivity contribution in [3.63, 3.8) is 0 Å². The second-order valence-electron chi connectivity index (χ2n) is 1.74. The average Bonchev–Trinajstić information content (AvgIpc) is 1.90. The Morgan fingerprint density at radius 1 is 1.12 bits per heavy atom. The van der Waals surface area contributed by atoms with E-state index in [9.17, 15) is 0 Å². The van der Waals surface area contributed by atoms with Crippen molar-refractivity contribution < 1.29 is 0 Å². The fourth-order valence-electron chi connectivity index (χ4n) is 0.645. The first kappa shape index (κ1) is 6.14. The quantitative estimate of drug-likeness (QED) is 0.604. The molecule has 0 bridgehead atoms. The molecular formula is C7H9Sn. The van der Waals surface area contributed by atoms with E-state index in [0.717, 1.165) is 22.5 Å².